The normalized spacial score (nSPS) is 12.2. The summed E-state index contributed by atoms with van der Waals surface area (Å²) in [4.78, 5) is 16.1. The van der Waals surface area contributed by atoms with E-state index in [4.69, 9.17) is 0 Å². The van der Waals surface area contributed by atoms with Crippen LogP contribution in [0.25, 0.3) is 5.82 Å². The minimum atomic E-state index is 0.00526. The first-order chi connectivity index (χ1) is 9.51. The Morgan fingerprint density at radius 3 is 2.65 bits per heavy atom. The minimum Gasteiger partial charge on any atom is -0.324 e. The fourth-order valence-electron chi connectivity index (χ4n) is 1.90. The summed E-state index contributed by atoms with van der Waals surface area (Å²) in [6.45, 7) is 7.84. The lowest BCUT2D eigenvalue weighted by Crippen LogP contribution is -2.19. The lowest BCUT2D eigenvalue weighted by atomic mass is 10.1. The molecule has 20 heavy (non-hydrogen) atoms. The molecule has 0 bridgehead atoms. The molecule has 1 amide bonds. The van der Waals surface area contributed by atoms with Crippen molar-refractivity contribution in [3.8, 4) is 5.82 Å². The number of rotatable bonds is 4. The summed E-state index contributed by atoms with van der Waals surface area (Å²) in [5.41, 5.74) is 2.70. The molecule has 106 valence electrons. The molecule has 0 aliphatic rings. The lowest BCUT2D eigenvalue weighted by molar-refractivity contribution is -0.119. The highest BCUT2D eigenvalue weighted by molar-refractivity contribution is 5.92. The first kappa shape index (κ1) is 14.2. The van der Waals surface area contributed by atoms with E-state index in [9.17, 15) is 4.79 Å². The van der Waals surface area contributed by atoms with E-state index >= 15 is 0 Å². The lowest BCUT2D eigenvalue weighted by Gasteiger charge is -2.10. The van der Waals surface area contributed by atoms with E-state index in [2.05, 4.69) is 15.4 Å². The van der Waals surface area contributed by atoms with Gasteiger partial charge in [-0.25, -0.2) is 9.67 Å². The van der Waals surface area contributed by atoms with E-state index in [-0.39, 0.29) is 11.8 Å². The number of hydrogen-bond donors (Lipinski definition) is 1. The van der Waals surface area contributed by atoms with Crippen LogP contribution in [0.5, 0.6) is 0 Å². The van der Waals surface area contributed by atoms with Crippen LogP contribution in [0.4, 0.5) is 5.69 Å². The summed E-state index contributed by atoms with van der Waals surface area (Å²) < 4.78 is 1.79. The van der Waals surface area contributed by atoms with Gasteiger partial charge in [0.1, 0.15) is 0 Å². The number of carbonyl (C=O) groups excluding carboxylic acids is 1. The number of hydrogen-bond acceptors (Lipinski definition) is 3. The highest BCUT2D eigenvalue weighted by Gasteiger charge is 2.11. The molecule has 5 heteroatoms. The quantitative estimate of drug-likeness (QED) is 0.931. The summed E-state index contributed by atoms with van der Waals surface area (Å²) in [6.07, 6.45) is 2.48. The highest BCUT2D eigenvalue weighted by Crippen LogP contribution is 2.13. The number of nitrogens with zero attached hydrogens (tertiary/aromatic N) is 3. The molecule has 0 aliphatic heterocycles. The molecule has 0 aliphatic carbocycles. The highest BCUT2D eigenvalue weighted by atomic mass is 16.1. The van der Waals surface area contributed by atoms with Crippen LogP contribution in [-0.2, 0) is 4.79 Å². The largest absolute Gasteiger partial charge is 0.324 e. The molecule has 1 atom stereocenters. The average Bonchev–Trinajstić information content (AvgIpc) is 2.77. The molecule has 0 saturated carbocycles. The Labute approximate surface area is 119 Å². The van der Waals surface area contributed by atoms with Gasteiger partial charge in [-0.05, 0) is 38.5 Å². The van der Waals surface area contributed by atoms with Gasteiger partial charge in [0.2, 0.25) is 5.91 Å². The first-order valence-corrected chi connectivity index (χ1v) is 6.81. The summed E-state index contributed by atoms with van der Waals surface area (Å²) in [6, 6.07) is 5.70. The Kier molecular flexibility index (Phi) is 4.17. The van der Waals surface area contributed by atoms with Crippen molar-refractivity contribution in [2.75, 3.05) is 5.32 Å². The summed E-state index contributed by atoms with van der Waals surface area (Å²) >= 11 is 0. The molecule has 1 N–H and O–H groups in total. The maximum atomic E-state index is 11.8. The number of carbonyl (C=O) groups is 1. The molecular weight excluding hydrogens is 252 g/mol. The van der Waals surface area contributed by atoms with Gasteiger partial charge in [-0.1, -0.05) is 13.8 Å². The molecule has 0 saturated heterocycles. The monoisotopic (exact) mass is 272 g/mol. The third-order valence-corrected chi connectivity index (χ3v) is 3.30. The van der Waals surface area contributed by atoms with Gasteiger partial charge in [0.25, 0.3) is 0 Å². The maximum Gasteiger partial charge on any atom is 0.227 e. The zero-order chi connectivity index (χ0) is 14.7. The van der Waals surface area contributed by atoms with Crippen molar-refractivity contribution in [2.45, 2.75) is 34.1 Å². The molecule has 0 radical (unpaired) electrons. The van der Waals surface area contributed by atoms with Gasteiger partial charge < -0.3 is 5.32 Å². The van der Waals surface area contributed by atoms with Crippen LogP contribution in [0, 0.1) is 19.8 Å². The second-order valence-corrected chi connectivity index (χ2v) is 5.04. The number of aromatic nitrogens is 3. The van der Waals surface area contributed by atoms with Crippen LogP contribution in [-0.4, -0.2) is 20.7 Å². The molecule has 2 heterocycles. The van der Waals surface area contributed by atoms with Gasteiger partial charge in [-0.3, -0.25) is 4.79 Å². The third kappa shape index (κ3) is 3.04. The predicted molar refractivity (Wildman–Crippen MR) is 78.9 cm³/mol. The Bertz CT molecular complexity index is 601. The summed E-state index contributed by atoms with van der Waals surface area (Å²) in [7, 11) is 0. The molecule has 0 aromatic carbocycles. The van der Waals surface area contributed by atoms with E-state index in [1.54, 1.807) is 10.9 Å². The Morgan fingerprint density at radius 2 is 2.15 bits per heavy atom. The van der Waals surface area contributed by atoms with Gasteiger partial charge in [0.15, 0.2) is 5.82 Å². The summed E-state index contributed by atoms with van der Waals surface area (Å²) in [5.74, 6) is 0.774. The Balaban J connectivity index is 2.14. The van der Waals surface area contributed by atoms with E-state index in [1.165, 1.54) is 0 Å². The third-order valence-electron chi connectivity index (χ3n) is 3.30. The fraction of sp³-hybridized carbons (Fsp3) is 0.400. The van der Waals surface area contributed by atoms with E-state index in [0.717, 1.165) is 23.6 Å². The number of pyridine rings is 1. The maximum absolute atomic E-state index is 11.8. The average molecular weight is 272 g/mol. The minimum absolute atomic E-state index is 0.00526. The van der Waals surface area contributed by atoms with Crippen molar-refractivity contribution >= 4 is 11.6 Å². The van der Waals surface area contributed by atoms with Crippen molar-refractivity contribution in [1.82, 2.24) is 14.8 Å². The van der Waals surface area contributed by atoms with Gasteiger partial charge in [0, 0.05) is 11.6 Å². The molecule has 0 fully saturated rings. The molecule has 0 spiro atoms. The van der Waals surface area contributed by atoms with Crippen LogP contribution in [0.15, 0.2) is 24.4 Å². The second kappa shape index (κ2) is 5.86. The molecule has 2 aromatic heterocycles. The molecule has 2 aromatic rings. The number of amides is 1. The molecule has 0 unspecified atom stereocenters. The number of aryl methyl sites for hydroxylation is 2. The van der Waals surface area contributed by atoms with E-state index < -0.39 is 0 Å². The Hall–Kier alpha value is -2.17. The molecule has 5 nitrogen and oxygen atoms in total. The smallest absolute Gasteiger partial charge is 0.227 e. The van der Waals surface area contributed by atoms with Crippen molar-refractivity contribution in [2.24, 2.45) is 5.92 Å². The van der Waals surface area contributed by atoms with Crippen LogP contribution in [0.2, 0.25) is 0 Å². The number of nitrogens with one attached hydrogen (secondary N) is 1. The molecule has 2 rings (SSSR count). The Morgan fingerprint density at radius 1 is 1.40 bits per heavy atom. The topological polar surface area (TPSA) is 59.8 Å². The van der Waals surface area contributed by atoms with Gasteiger partial charge >= 0.3 is 0 Å². The second-order valence-electron chi connectivity index (χ2n) is 5.04. The standard InChI is InChI=1S/C15H20N4O/c1-5-10(2)15(20)17-13-6-7-14(16-9-13)19-12(4)8-11(3)18-19/h6-10H,5H2,1-4H3,(H,17,20)/t10-/m1/s1. The SMILES string of the molecule is CC[C@@H](C)C(=O)Nc1ccc(-n2nc(C)cc2C)nc1. The number of anilines is 1. The van der Waals surface area contributed by atoms with Gasteiger partial charge in [-0.2, -0.15) is 5.10 Å². The van der Waals surface area contributed by atoms with Crippen molar-refractivity contribution in [3.63, 3.8) is 0 Å². The first-order valence-electron chi connectivity index (χ1n) is 6.81. The van der Waals surface area contributed by atoms with Crippen LogP contribution in [0.1, 0.15) is 31.7 Å². The van der Waals surface area contributed by atoms with Crippen LogP contribution >= 0.6 is 0 Å². The van der Waals surface area contributed by atoms with Crippen LogP contribution in [0.3, 0.4) is 0 Å². The van der Waals surface area contributed by atoms with E-state index in [0.29, 0.717) is 5.69 Å². The van der Waals surface area contributed by atoms with Crippen molar-refractivity contribution in [3.05, 3.63) is 35.8 Å². The molecular formula is C15H20N4O. The predicted octanol–water partition coefficient (Wildman–Crippen LogP) is 2.87. The summed E-state index contributed by atoms with van der Waals surface area (Å²) in [5, 5.41) is 7.24. The van der Waals surface area contributed by atoms with E-state index in [1.807, 2.05) is 45.9 Å². The van der Waals surface area contributed by atoms with Gasteiger partial charge in [0.05, 0.1) is 17.6 Å². The zero-order valence-electron chi connectivity index (χ0n) is 12.3. The van der Waals surface area contributed by atoms with Crippen LogP contribution < -0.4 is 5.32 Å². The van der Waals surface area contributed by atoms with Gasteiger partial charge in [-0.15, -0.1) is 0 Å². The zero-order valence-corrected chi connectivity index (χ0v) is 12.3. The van der Waals surface area contributed by atoms with Crippen molar-refractivity contribution < 1.29 is 4.79 Å². The van der Waals surface area contributed by atoms with Crippen molar-refractivity contribution in [1.29, 1.82) is 0 Å². The fourth-order valence-corrected chi connectivity index (χ4v) is 1.90.